The lowest BCUT2D eigenvalue weighted by Crippen LogP contribution is -1.86. The van der Waals surface area contributed by atoms with Crippen LogP contribution in [0.4, 0.5) is 0 Å². The zero-order valence-corrected chi connectivity index (χ0v) is 14.3. The van der Waals surface area contributed by atoms with E-state index >= 15 is 0 Å². The van der Waals surface area contributed by atoms with Crippen LogP contribution in [0.25, 0.3) is 11.1 Å². The molecule has 0 aliphatic carbocycles. The highest BCUT2D eigenvalue weighted by molar-refractivity contribution is 5.63. The molecule has 0 radical (unpaired) electrons. The van der Waals surface area contributed by atoms with Gasteiger partial charge in [-0.2, -0.15) is 0 Å². The smallest absolute Gasteiger partial charge is 0.300 e. The average molecular weight is 312 g/mol. The van der Waals surface area contributed by atoms with Gasteiger partial charge >= 0.3 is 0 Å². The van der Waals surface area contributed by atoms with E-state index in [0.29, 0.717) is 0 Å². The van der Waals surface area contributed by atoms with Gasteiger partial charge in [0.05, 0.1) is 0 Å². The van der Waals surface area contributed by atoms with Crippen molar-refractivity contribution >= 4 is 5.97 Å². The molecule has 2 rings (SSSR count). The van der Waals surface area contributed by atoms with Crippen LogP contribution in [0.1, 0.15) is 51.5 Å². The minimum atomic E-state index is -0.833. The van der Waals surface area contributed by atoms with Crippen LogP contribution in [-0.4, -0.2) is 11.1 Å². The molecule has 0 atom stereocenters. The molecule has 2 aromatic rings. The second-order valence-electron chi connectivity index (χ2n) is 5.75. The van der Waals surface area contributed by atoms with E-state index in [-0.39, 0.29) is 0 Å². The van der Waals surface area contributed by atoms with Crippen molar-refractivity contribution in [3.8, 4) is 11.1 Å². The molecule has 0 spiro atoms. The molecule has 124 valence electrons. The number of rotatable bonds is 7. The van der Waals surface area contributed by atoms with Gasteiger partial charge in [0.25, 0.3) is 5.97 Å². The van der Waals surface area contributed by atoms with Gasteiger partial charge in [0.1, 0.15) is 0 Å². The molecule has 0 aliphatic heterocycles. The lowest BCUT2D eigenvalue weighted by molar-refractivity contribution is -0.134. The molecular formula is C21H28O2. The highest BCUT2D eigenvalue weighted by Crippen LogP contribution is 2.20. The summed E-state index contributed by atoms with van der Waals surface area (Å²) in [7, 11) is 0. The fourth-order valence-corrected chi connectivity index (χ4v) is 2.43. The summed E-state index contributed by atoms with van der Waals surface area (Å²) in [6, 6.07) is 19.6. The van der Waals surface area contributed by atoms with E-state index in [1.807, 2.05) is 0 Å². The molecule has 23 heavy (non-hydrogen) atoms. The van der Waals surface area contributed by atoms with Crippen LogP contribution in [0, 0.1) is 0 Å². The first-order chi connectivity index (χ1) is 11.1. The molecule has 0 saturated carbocycles. The number of unbranched alkanes of at least 4 members (excludes halogenated alkanes) is 4. The van der Waals surface area contributed by atoms with Gasteiger partial charge < -0.3 is 5.11 Å². The van der Waals surface area contributed by atoms with Crippen molar-refractivity contribution < 1.29 is 9.90 Å². The maximum Gasteiger partial charge on any atom is 0.300 e. The average Bonchev–Trinajstić information content (AvgIpc) is 2.56. The number of carboxylic acids is 1. The molecule has 2 aromatic carbocycles. The highest BCUT2D eigenvalue weighted by atomic mass is 16.4. The minimum absolute atomic E-state index is 0.833. The molecule has 0 amide bonds. The Morgan fingerprint density at radius 3 is 1.91 bits per heavy atom. The molecule has 0 aliphatic rings. The summed E-state index contributed by atoms with van der Waals surface area (Å²) in [5.74, 6) is -0.833. The Labute approximate surface area is 140 Å². The van der Waals surface area contributed by atoms with Gasteiger partial charge in [-0.3, -0.25) is 4.79 Å². The molecule has 2 nitrogen and oxygen atoms in total. The lowest BCUT2D eigenvalue weighted by atomic mass is 10.0. The Bertz CT molecular complexity index is 540. The third-order valence-electron chi connectivity index (χ3n) is 3.63. The van der Waals surface area contributed by atoms with Crippen molar-refractivity contribution in [1.82, 2.24) is 0 Å². The van der Waals surface area contributed by atoms with Gasteiger partial charge in [-0.05, 0) is 29.5 Å². The van der Waals surface area contributed by atoms with E-state index in [4.69, 9.17) is 9.90 Å². The van der Waals surface area contributed by atoms with Crippen molar-refractivity contribution in [2.24, 2.45) is 0 Å². The first-order valence-corrected chi connectivity index (χ1v) is 8.47. The Balaban J connectivity index is 0.000000593. The van der Waals surface area contributed by atoms with E-state index in [2.05, 4.69) is 61.5 Å². The summed E-state index contributed by atoms with van der Waals surface area (Å²) in [6.07, 6.45) is 8.01. The van der Waals surface area contributed by atoms with Crippen molar-refractivity contribution in [2.75, 3.05) is 0 Å². The summed E-state index contributed by atoms with van der Waals surface area (Å²) in [4.78, 5) is 9.00. The number of aliphatic carboxylic acids is 1. The van der Waals surface area contributed by atoms with Crippen molar-refractivity contribution in [3.05, 3.63) is 60.2 Å². The van der Waals surface area contributed by atoms with E-state index in [1.54, 1.807) is 0 Å². The van der Waals surface area contributed by atoms with Crippen LogP contribution in [0.5, 0.6) is 0 Å². The monoisotopic (exact) mass is 312 g/mol. The Kier molecular flexibility index (Phi) is 9.46. The van der Waals surface area contributed by atoms with E-state index in [0.717, 1.165) is 6.92 Å². The van der Waals surface area contributed by atoms with Crippen LogP contribution in [-0.2, 0) is 11.2 Å². The Morgan fingerprint density at radius 1 is 0.826 bits per heavy atom. The van der Waals surface area contributed by atoms with Gasteiger partial charge in [-0.1, -0.05) is 87.2 Å². The van der Waals surface area contributed by atoms with Crippen LogP contribution in [0.2, 0.25) is 0 Å². The van der Waals surface area contributed by atoms with Gasteiger partial charge in [-0.15, -0.1) is 0 Å². The fourth-order valence-electron chi connectivity index (χ4n) is 2.43. The number of carbonyl (C=O) groups is 1. The quantitative estimate of drug-likeness (QED) is 0.641. The number of hydrogen-bond acceptors (Lipinski definition) is 1. The Hall–Kier alpha value is -2.09. The Morgan fingerprint density at radius 2 is 1.35 bits per heavy atom. The maximum absolute atomic E-state index is 9.00. The van der Waals surface area contributed by atoms with Crippen molar-refractivity contribution in [2.45, 2.75) is 52.4 Å². The van der Waals surface area contributed by atoms with E-state index in [1.165, 1.54) is 55.2 Å². The summed E-state index contributed by atoms with van der Waals surface area (Å²) in [5.41, 5.74) is 4.09. The summed E-state index contributed by atoms with van der Waals surface area (Å²) >= 11 is 0. The predicted molar refractivity (Wildman–Crippen MR) is 97.7 cm³/mol. The SMILES string of the molecule is CC(=O)O.CCCCCCCc1ccc(-c2ccccc2)cc1. The molecule has 0 saturated heterocycles. The number of benzene rings is 2. The third kappa shape index (κ3) is 8.82. The molecule has 2 heteroatoms. The number of carboxylic acid groups (broad SMARTS) is 1. The molecule has 0 fully saturated rings. The zero-order chi connectivity index (χ0) is 16.9. The second-order valence-corrected chi connectivity index (χ2v) is 5.75. The van der Waals surface area contributed by atoms with Crippen LogP contribution in [0.3, 0.4) is 0 Å². The second kappa shape index (κ2) is 11.5. The van der Waals surface area contributed by atoms with Crippen LogP contribution in [0.15, 0.2) is 54.6 Å². The largest absolute Gasteiger partial charge is 0.481 e. The minimum Gasteiger partial charge on any atom is -0.481 e. The summed E-state index contributed by atoms with van der Waals surface area (Å²) in [6.45, 7) is 3.35. The predicted octanol–water partition coefficient (Wildman–Crippen LogP) is 5.96. The number of aryl methyl sites for hydroxylation is 1. The first-order valence-electron chi connectivity index (χ1n) is 8.47. The number of hydrogen-bond donors (Lipinski definition) is 1. The van der Waals surface area contributed by atoms with Gasteiger partial charge in [0.15, 0.2) is 0 Å². The van der Waals surface area contributed by atoms with E-state index < -0.39 is 5.97 Å². The molecule has 0 aromatic heterocycles. The third-order valence-corrected chi connectivity index (χ3v) is 3.63. The van der Waals surface area contributed by atoms with Gasteiger partial charge in [0.2, 0.25) is 0 Å². The first kappa shape index (κ1) is 19.0. The zero-order valence-electron chi connectivity index (χ0n) is 14.3. The molecule has 1 N–H and O–H groups in total. The van der Waals surface area contributed by atoms with Gasteiger partial charge in [0, 0.05) is 6.92 Å². The normalized spacial score (nSPS) is 9.83. The molecule has 0 heterocycles. The van der Waals surface area contributed by atoms with Crippen molar-refractivity contribution in [3.63, 3.8) is 0 Å². The summed E-state index contributed by atoms with van der Waals surface area (Å²) < 4.78 is 0. The maximum atomic E-state index is 9.00. The summed E-state index contributed by atoms with van der Waals surface area (Å²) in [5, 5.41) is 7.42. The topological polar surface area (TPSA) is 37.3 Å². The van der Waals surface area contributed by atoms with Crippen LogP contribution >= 0.6 is 0 Å². The molecular weight excluding hydrogens is 284 g/mol. The standard InChI is InChI=1S/C19H24.C2H4O2/c1-2-3-4-5-7-10-17-13-15-19(16-14-17)18-11-8-6-9-12-18;1-2(3)4/h6,8-9,11-16H,2-5,7,10H2,1H3;1H3,(H,3,4). The highest BCUT2D eigenvalue weighted by Gasteiger charge is 1.97. The van der Waals surface area contributed by atoms with E-state index in [9.17, 15) is 0 Å². The van der Waals surface area contributed by atoms with Crippen LogP contribution < -0.4 is 0 Å². The molecule has 0 unspecified atom stereocenters. The van der Waals surface area contributed by atoms with Gasteiger partial charge in [-0.25, -0.2) is 0 Å². The van der Waals surface area contributed by atoms with Crippen molar-refractivity contribution in [1.29, 1.82) is 0 Å². The lowest BCUT2D eigenvalue weighted by Gasteiger charge is -2.05. The fraction of sp³-hybridized carbons (Fsp3) is 0.381. The molecule has 0 bridgehead atoms.